The van der Waals surface area contributed by atoms with Gasteiger partial charge in [0.25, 0.3) is 0 Å². The van der Waals surface area contributed by atoms with E-state index in [-0.39, 0.29) is 24.3 Å². The molecule has 26 heavy (non-hydrogen) atoms. The smallest absolute Gasteiger partial charge is 0.307 e. The Morgan fingerprint density at radius 1 is 1.19 bits per heavy atom. The van der Waals surface area contributed by atoms with E-state index >= 15 is 0 Å². The van der Waals surface area contributed by atoms with Gasteiger partial charge in [-0.3, -0.25) is 9.59 Å². The molecule has 0 aliphatic heterocycles. The van der Waals surface area contributed by atoms with Gasteiger partial charge >= 0.3 is 5.97 Å². The fraction of sp³-hybridized carbons (Fsp3) is 0.545. The second-order valence-electron chi connectivity index (χ2n) is 7.16. The third kappa shape index (κ3) is 6.01. The summed E-state index contributed by atoms with van der Waals surface area (Å²) < 4.78 is 5.03. The SMILES string of the molecule is CCOC(=O)CCN(C(=O)/C=C/c1ccc(C)cc1)C1CCCCC1C. The molecule has 1 amide bonds. The van der Waals surface area contributed by atoms with Crippen molar-refractivity contribution in [2.24, 2.45) is 5.92 Å². The van der Waals surface area contributed by atoms with Crippen LogP contribution in [0.25, 0.3) is 6.08 Å². The molecule has 1 fully saturated rings. The highest BCUT2D eigenvalue weighted by Gasteiger charge is 2.29. The van der Waals surface area contributed by atoms with Gasteiger partial charge in [0.1, 0.15) is 0 Å². The summed E-state index contributed by atoms with van der Waals surface area (Å²) in [6, 6.07) is 8.28. The minimum Gasteiger partial charge on any atom is -0.466 e. The van der Waals surface area contributed by atoms with Gasteiger partial charge in [0.2, 0.25) is 5.91 Å². The molecule has 1 aliphatic rings. The zero-order valence-corrected chi connectivity index (χ0v) is 16.2. The molecule has 0 bridgehead atoms. The summed E-state index contributed by atoms with van der Waals surface area (Å²) >= 11 is 0. The number of amides is 1. The van der Waals surface area contributed by atoms with Crippen molar-refractivity contribution >= 4 is 18.0 Å². The molecule has 1 aromatic rings. The predicted molar refractivity (Wildman–Crippen MR) is 105 cm³/mol. The quantitative estimate of drug-likeness (QED) is 0.538. The number of nitrogens with zero attached hydrogens (tertiary/aromatic N) is 1. The third-order valence-electron chi connectivity index (χ3n) is 5.11. The van der Waals surface area contributed by atoms with Gasteiger partial charge in [0.05, 0.1) is 13.0 Å². The number of hydrogen-bond donors (Lipinski definition) is 0. The molecule has 2 rings (SSSR count). The van der Waals surface area contributed by atoms with Crippen molar-refractivity contribution in [3.05, 3.63) is 41.5 Å². The van der Waals surface area contributed by atoms with Crippen LogP contribution in [0.15, 0.2) is 30.3 Å². The highest BCUT2D eigenvalue weighted by Crippen LogP contribution is 2.28. The van der Waals surface area contributed by atoms with Crippen LogP contribution in [-0.4, -0.2) is 36.0 Å². The number of carbonyl (C=O) groups excluding carboxylic acids is 2. The van der Waals surface area contributed by atoms with Gasteiger partial charge in [-0.2, -0.15) is 0 Å². The van der Waals surface area contributed by atoms with Crippen molar-refractivity contribution in [3.63, 3.8) is 0 Å². The number of aryl methyl sites for hydroxylation is 1. The van der Waals surface area contributed by atoms with Crippen LogP contribution >= 0.6 is 0 Å². The first-order chi connectivity index (χ1) is 12.5. The Hall–Kier alpha value is -2.10. The maximum atomic E-state index is 12.9. The van der Waals surface area contributed by atoms with Crippen LogP contribution in [0.3, 0.4) is 0 Å². The fourth-order valence-corrected chi connectivity index (χ4v) is 3.58. The first-order valence-corrected chi connectivity index (χ1v) is 9.72. The van der Waals surface area contributed by atoms with Gasteiger partial charge in [-0.1, -0.05) is 49.6 Å². The second-order valence-corrected chi connectivity index (χ2v) is 7.16. The van der Waals surface area contributed by atoms with Crippen molar-refractivity contribution in [2.75, 3.05) is 13.2 Å². The van der Waals surface area contributed by atoms with Crippen LogP contribution in [0.4, 0.5) is 0 Å². The maximum Gasteiger partial charge on any atom is 0.307 e. The number of benzene rings is 1. The Balaban J connectivity index is 2.08. The van der Waals surface area contributed by atoms with E-state index in [4.69, 9.17) is 4.74 Å². The third-order valence-corrected chi connectivity index (χ3v) is 5.11. The van der Waals surface area contributed by atoms with Crippen LogP contribution in [-0.2, 0) is 14.3 Å². The fourth-order valence-electron chi connectivity index (χ4n) is 3.58. The molecule has 4 nitrogen and oxygen atoms in total. The number of ether oxygens (including phenoxy) is 1. The Morgan fingerprint density at radius 2 is 1.88 bits per heavy atom. The Morgan fingerprint density at radius 3 is 2.54 bits per heavy atom. The standard InChI is InChI=1S/C22H31NO3/c1-4-26-22(25)15-16-23(20-8-6-5-7-18(20)3)21(24)14-13-19-11-9-17(2)10-12-19/h9-14,18,20H,4-8,15-16H2,1-3H3/b14-13+. The van der Waals surface area contributed by atoms with E-state index in [2.05, 4.69) is 6.92 Å². The molecular formula is C22H31NO3. The molecule has 0 N–H and O–H groups in total. The van der Waals surface area contributed by atoms with Crippen molar-refractivity contribution in [2.45, 2.75) is 58.9 Å². The summed E-state index contributed by atoms with van der Waals surface area (Å²) in [4.78, 5) is 26.5. The summed E-state index contributed by atoms with van der Waals surface area (Å²) in [5.41, 5.74) is 2.20. The average molecular weight is 357 g/mol. The van der Waals surface area contributed by atoms with Gasteiger partial charge in [-0.05, 0) is 44.2 Å². The van der Waals surface area contributed by atoms with E-state index < -0.39 is 0 Å². The Labute approximate surface area is 157 Å². The lowest BCUT2D eigenvalue weighted by Gasteiger charge is -2.38. The molecule has 0 heterocycles. The molecule has 0 saturated heterocycles. The second kappa shape index (κ2) is 10.1. The first kappa shape index (κ1) is 20.2. The van der Waals surface area contributed by atoms with Gasteiger partial charge in [0.15, 0.2) is 0 Å². The van der Waals surface area contributed by atoms with Crippen molar-refractivity contribution in [1.82, 2.24) is 4.90 Å². The monoisotopic (exact) mass is 357 g/mol. The molecule has 2 atom stereocenters. The van der Waals surface area contributed by atoms with Crippen LogP contribution in [0.5, 0.6) is 0 Å². The molecule has 4 heteroatoms. The van der Waals surface area contributed by atoms with Crippen molar-refractivity contribution in [1.29, 1.82) is 0 Å². The van der Waals surface area contributed by atoms with Crippen LogP contribution in [0.2, 0.25) is 0 Å². The van der Waals surface area contributed by atoms with E-state index in [9.17, 15) is 9.59 Å². The zero-order chi connectivity index (χ0) is 18.9. The highest BCUT2D eigenvalue weighted by molar-refractivity contribution is 5.92. The number of hydrogen-bond acceptors (Lipinski definition) is 3. The molecule has 0 aromatic heterocycles. The number of rotatable bonds is 7. The van der Waals surface area contributed by atoms with E-state index in [0.29, 0.717) is 19.1 Å². The molecule has 0 radical (unpaired) electrons. The molecule has 1 aliphatic carbocycles. The summed E-state index contributed by atoms with van der Waals surface area (Å²) in [6.45, 7) is 6.84. The summed E-state index contributed by atoms with van der Waals surface area (Å²) in [7, 11) is 0. The Bertz CT molecular complexity index is 621. The van der Waals surface area contributed by atoms with Gasteiger partial charge in [-0.25, -0.2) is 0 Å². The normalized spacial score (nSPS) is 20.1. The van der Waals surface area contributed by atoms with Crippen LogP contribution in [0, 0.1) is 12.8 Å². The molecule has 1 aromatic carbocycles. The lowest BCUT2D eigenvalue weighted by molar-refractivity contribution is -0.144. The average Bonchev–Trinajstić information content (AvgIpc) is 2.63. The van der Waals surface area contributed by atoms with Crippen LogP contribution in [0.1, 0.15) is 57.1 Å². The van der Waals surface area contributed by atoms with E-state index in [1.807, 2.05) is 42.2 Å². The highest BCUT2D eigenvalue weighted by atomic mass is 16.5. The topological polar surface area (TPSA) is 46.6 Å². The molecule has 1 saturated carbocycles. The Kier molecular flexibility index (Phi) is 7.89. The van der Waals surface area contributed by atoms with E-state index in [1.165, 1.54) is 12.0 Å². The van der Waals surface area contributed by atoms with Gasteiger partial charge in [0, 0.05) is 18.7 Å². The number of carbonyl (C=O) groups is 2. The van der Waals surface area contributed by atoms with Crippen molar-refractivity contribution in [3.8, 4) is 0 Å². The predicted octanol–water partition coefficient (Wildman–Crippen LogP) is 4.37. The molecule has 142 valence electrons. The zero-order valence-electron chi connectivity index (χ0n) is 16.2. The summed E-state index contributed by atoms with van der Waals surface area (Å²) in [6.07, 6.45) is 8.24. The minimum absolute atomic E-state index is 0.0198. The molecular weight excluding hydrogens is 326 g/mol. The van der Waals surface area contributed by atoms with Gasteiger partial charge < -0.3 is 9.64 Å². The van der Waals surface area contributed by atoms with Crippen molar-refractivity contribution < 1.29 is 14.3 Å². The van der Waals surface area contributed by atoms with E-state index in [1.54, 1.807) is 13.0 Å². The largest absolute Gasteiger partial charge is 0.466 e. The van der Waals surface area contributed by atoms with Crippen LogP contribution < -0.4 is 0 Å². The number of esters is 1. The maximum absolute atomic E-state index is 12.9. The lowest BCUT2D eigenvalue weighted by atomic mass is 9.84. The lowest BCUT2D eigenvalue weighted by Crippen LogP contribution is -2.45. The first-order valence-electron chi connectivity index (χ1n) is 9.72. The van der Waals surface area contributed by atoms with Gasteiger partial charge in [-0.15, -0.1) is 0 Å². The summed E-state index contributed by atoms with van der Waals surface area (Å²) in [5, 5.41) is 0. The molecule has 0 spiro atoms. The van der Waals surface area contributed by atoms with E-state index in [0.717, 1.165) is 24.8 Å². The summed E-state index contributed by atoms with van der Waals surface area (Å²) in [5.74, 6) is 0.201. The minimum atomic E-state index is -0.240. The molecule has 2 unspecified atom stereocenters.